The van der Waals surface area contributed by atoms with E-state index in [9.17, 15) is 9.59 Å². The number of ether oxygens (including phenoxy) is 2. The van der Waals surface area contributed by atoms with Crippen molar-refractivity contribution >= 4 is 17.5 Å². The number of nitrogens with one attached hydrogen (secondary N) is 2. The van der Waals surface area contributed by atoms with Crippen LogP contribution in [0, 0.1) is 11.8 Å². The third-order valence-electron chi connectivity index (χ3n) is 5.36. The van der Waals surface area contributed by atoms with E-state index < -0.39 is 0 Å². The summed E-state index contributed by atoms with van der Waals surface area (Å²) in [5.74, 6) is 0.676. The number of benzene rings is 2. The molecule has 152 valence electrons. The summed E-state index contributed by atoms with van der Waals surface area (Å²) in [6.07, 6.45) is 0.580. The Balaban J connectivity index is 1.31. The quantitative estimate of drug-likeness (QED) is 0.812. The molecule has 2 amide bonds. The van der Waals surface area contributed by atoms with Crippen molar-refractivity contribution < 1.29 is 19.1 Å². The molecule has 2 aromatic rings. The van der Waals surface area contributed by atoms with Crippen molar-refractivity contribution in [3.63, 3.8) is 0 Å². The van der Waals surface area contributed by atoms with Crippen molar-refractivity contribution in [2.75, 3.05) is 12.1 Å². The number of anilines is 1. The van der Waals surface area contributed by atoms with E-state index in [2.05, 4.69) is 31.4 Å². The first-order valence-electron chi connectivity index (χ1n) is 9.89. The fraction of sp³-hybridized carbons (Fsp3) is 0.391. The molecule has 4 rings (SSSR count). The Morgan fingerprint density at radius 1 is 1.00 bits per heavy atom. The number of rotatable bonds is 5. The van der Waals surface area contributed by atoms with E-state index in [4.69, 9.17) is 9.47 Å². The molecule has 2 aromatic carbocycles. The van der Waals surface area contributed by atoms with Gasteiger partial charge in [-0.25, -0.2) is 0 Å². The van der Waals surface area contributed by atoms with E-state index in [1.165, 1.54) is 0 Å². The van der Waals surface area contributed by atoms with Crippen molar-refractivity contribution in [3.05, 3.63) is 53.6 Å². The maximum atomic E-state index is 12.6. The summed E-state index contributed by atoms with van der Waals surface area (Å²) < 4.78 is 10.6. The van der Waals surface area contributed by atoms with Crippen LogP contribution in [0.1, 0.15) is 38.3 Å². The first-order chi connectivity index (χ1) is 13.8. The van der Waals surface area contributed by atoms with Gasteiger partial charge in [-0.15, -0.1) is 0 Å². The van der Waals surface area contributed by atoms with Crippen LogP contribution < -0.4 is 20.1 Å². The van der Waals surface area contributed by atoms with Gasteiger partial charge in [0.15, 0.2) is 11.5 Å². The second-order valence-electron chi connectivity index (χ2n) is 8.64. The second-order valence-corrected chi connectivity index (χ2v) is 8.64. The van der Waals surface area contributed by atoms with E-state index in [0.29, 0.717) is 18.7 Å². The molecule has 0 aromatic heterocycles. The lowest BCUT2D eigenvalue weighted by Gasteiger charge is -2.23. The summed E-state index contributed by atoms with van der Waals surface area (Å²) in [4.78, 5) is 25.1. The number of carbonyl (C=O) groups is 2. The Morgan fingerprint density at radius 2 is 1.72 bits per heavy atom. The number of carbonyl (C=O) groups excluding carboxylic acids is 2. The number of hydrogen-bond acceptors (Lipinski definition) is 4. The molecular formula is C23H26N2O4. The average molecular weight is 394 g/mol. The summed E-state index contributed by atoms with van der Waals surface area (Å²) in [6, 6.07) is 13.4. The first kappa shape index (κ1) is 19.3. The zero-order valence-corrected chi connectivity index (χ0v) is 17.0. The molecule has 1 aliphatic heterocycles. The van der Waals surface area contributed by atoms with Crippen molar-refractivity contribution in [3.8, 4) is 11.5 Å². The predicted octanol–water partition coefficient (Wildman–Crippen LogP) is 3.60. The zero-order valence-electron chi connectivity index (χ0n) is 17.0. The summed E-state index contributed by atoms with van der Waals surface area (Å²) in [5.41, 5.74) is 2.76. The molecule has 2 unspecified atom stereocenters. The lowest BCUT2D eigenvalue weighted by Crippen LogP contribution is -2.27. The van der Waals surface area contributed by atoms with Crippen molar-refractivity contribution in [2.45, 2.75) is 39.2 Å². The molecule has 1 aliphatic carbocycles. The maximum Gasteiger partial charge on any atom is 0.231 e. The number of fused-ring (bicyclic) bond motifs is 1. The number of para-hydroxylation sites is 1. The Labute approximate surface area is 170 Å². The van der Waals surface area contributed by atoms with E-state index in [1.807, 2.05) is 42.5 Å². The Morgan fingerprint density at radius 3 is 2.52 bits per heavy atom. The van der Waals surface area contributed by atoms with Gasteiger partial charge < -0.3 is 20.1 Å². The molecule has 0 bridgehead atoms. The third kappa shape index (κ3) is 4.21. The molecule has 0 spiro atoms. The van der Waals surface area contributed by atoms with Gasteiger partial charge in [-0.05, 0) is 41.2 Å². The monoisotopic (exact) mass is 394 g/mol. The summed E-state index contributed by atoms with van der Waals surface area (Å²) in [6.45, 7) is 6.96. The molecule has 6 heteroatoms. The van der Waals surface area contributed by atoms with Gasteiger partial charge in [0.1, 0.15) is 0 Å². The van der Waals surface area contributed by atoms with Gasteiger partial charge >= 0.3 is 0 Å². The van der Waals surface area contributed by atoms with E-state index in [0.717, 1.165) is 22.6 Å². The van der Waals surface area contributed by atoms with E-state index in [-0.39, 0.29) is 35.9 Å². The standard InChI is InChI=1S/C23H26N2O4/c1-23(2,3)17-6-4-5-7-18(17)25-22(27)16-11-15(16)21(26)24-12-14-8-9-19-20(10-14)29-13-28-19/h4-10,15-16H,11-13H2,1-3H3,(H,24,26)(H,25,27). The van der Waals surface area contributed by atoms with Crippen LogP contribution in [0.4, 0.5) is 5.69 Å². The Hall–Kier alpha value is -3.02. The first-order valence-corrected chi connectivity index (χ1v) is 9.89. The Bertz CT molecular complexity index is 948. The topological polar surface area (TPSA) is 76.7 Å². The van der Waals surface area contributed by atoms with E-state index >= 15 is 0 Å². The van der Waals surface area contributed by atoms with Gasteiger partial charge in [0.05, 0.1) is 11.8 Å². The molecule has 2 N–H and O–H groups in total. The molecular weight excluding hydrogens is 368 g/mol. The van der Waals surface area contributed by atoms with Crippen LogP contribution in [-0.2, 0) is 21.5 Å². The second kappa shape index (κ2) is 7.43. The molecule has 0 saturated heterocycles. The van der Waals surface area contributed by atoms with Crippen LogP contribution in [0.15, 0.2) is 42.5 Å². The summed E-state index contributed by atoms with van der Waals surface area (Å²) in [7, 11) is 0. The normalized spacial score (nSPS) is 19.6. The zero-order chi connectivity index (χ0) is 20.6. The highest BCUT2D eigenvalue weighted by Gasteiger charge is 2.48. The molecule has 29 heavy (non-hydrogen) atoms. The summed E-state index contributed by atoms with van der Waals surface area (Å²) in [5, 5.41) is 5.94. The van der Waals surface area contributed by atoms with Gasteiger partial charge in [-0.1, -0.05) is 45.0 Å². The number of amides is 2. The third-order valence-corrected chi connectivity index (χ3v) is 5.36. The predicted molar refractivity (Wildman–Crippen MR) is 110 cm³/mol. The van der Waals surface area contributed by atoms with Crippen LogP contribution in [0.2, 0.25) is 0 Å². The SMILES string of the molecule is CC(C)(C)c1ccccc1NC(=O)C1CC1C(=O)NCc1ccc2c(c1)OCO2. The minimum Gasteiger partial charge on any atom is -0.454 e. The average Bonchev–Trinajstić information content (AvgIpc) is 3.36. The Kier molecular flexibility index (Phi) is 4.94. The molecule has 1 fully saturated rings. The minimum absolute atomic E-state index is 0.0746. The van der Waals surface area contributed by atoms with Crippen LogP contribution in [0.5, 0.6) is 11.5 Å². The van der Waals surface area contributed by atoms with Gasteiger partial charge in [-0.3, -0.25) is 9.59 Å². The molecule has 2 aliphatic rings. The smallest absolute Gasteiger partial charge is 0.231 e. The molecule has 6 nitrogen and oxygen atoms in total. The lowest BCUT2D eigenvalue weighted by molar-refractivity contribution is -0.125. The van der Waals surface area contributed by atoms with Gasteiger partial charge in [0.2, 0.25) is 18.6 Å². The fourth-order valence-corrected chi connectivity index (χ4v) is 3.62. The largest absolute Gasteiger partial charge is 0.454 e. The molecule has 0 radical (unpaired) electrons. The highest BCUT2D eigenvalue weighted by molar-refractivity contribution is 6.00. The highest BCUT2D eigenvalue weighted by atomic mass is 16.7. The van der Waals surface area contributed by atoms with Crippen LogP contribution in [0.25, 0.3) is 0 Å². The van der Waals surface area contributed by atoms with Crippen LogP contribution in [-0.4, -0.2) is 18.6 Å². The number of hydrogen-bond donors (Lipinski definition) is 2. The lowest BCUT2D eigenvalue weighted by atomic mass is 9.86. The molecule has 1 heterocycles. The van der Waals surface area contributed by atoms with Crippen molar-refractivity contribution in [2.24, 2.45) is 11.8 Å². The minimum atomic E-state index is -0.278. The van der Waals surface area contributed by atoms with Gasteiger partial charge in [-0.2, -0.15) is 0 Å². The van der Waals surface area contributed by atoms with Crippen LogP contribution >= 0.6 is 0 Å². The van der Waals surface area contributed by atoms with E-state index in [1.54, 1.807) is 0 Å². The van der Waals surface area contributed by atoms with Crippen molar-refractivity contribution in [1.82, 2.24) is 5.32 Å². The molecule has 1 saturated carbocycles. The van der Waals surface area contributed by atoms with Crippen molar-refractivity contribution in [1.29, 1.82) is 0 Å². The molecule has 2 atom stereocenters. The van der Waals surface area contributed by atoms with Gasteiger partial charge in [0, 0.05) is 12.2 Å². The fourth-order valence-electron chi connectivity index (χ4n) is 3.62. The summed E-state index contributed by atoms with van der Waals surface area (Å²) >= 11 is 0. The van der Waals surface area contributed by atoms with Crippen LogP contribution in [0.3, 0.4) is 0 Å². The highest BCUT2D eigenvalue weighted by Crippen LogP contribution is 2.40. The maximum absolute atomic E-state index is 12.6. The van der Waals surface area contributed by atoms with Gasteiger partial charge in [0.25, 0.3) is 0 Å².